The molecule has 8 heteroatoms. The Morgan fingerprint density at radius 3 is 2.67 bits per heavy atom. The van der Waals surface area contributed by atoms with Gasteiger partial charge in [-0.3, -0.25) is 9.69 Å². The van der Waals surface area contributed by atoms with Crippen molar-refractivity contribution in [1.82, 2.24) is 19.2 Å². The highest BCUT2D eigenvalue weighted by Crippen LogP contribution is 2.22. The van der Waals surface area contributed by atoms with Crippen LogP contribution in [-0.4, -0.2) is 38.2 Å². The van der Waals surface area contributed by atoms with E-state index in [1.54, 1.807) is 34.5 Å². The van der Waals surface area contributed by atoms with Gasteiger partial charge < -0.3 is 10.3 Å². The second-order valence-electron chi connectivity index (χ2n) is 6.08. The second kappa shape index (κ2) is 6.82. The van der Waals surface area contributed by atoms with Crippen molar-refractivity contribution in [2.24, 2.45) is 18.7 Å². The van der Waals surface area contributed by atoms with Crippen LogP contribution in [-0.2, 0) is 18.5 Å². The molecule has 1 aliphatic rings. The maximum atomic E-state index is 14.0. The molecule has 1 saturated heterocycles. The van der Waals surface area contributed by atoms with Crippen molar-refractivity contribution in [3.8, 4) is 11.4 Å². The summed E-state index contributed by atoms with van der Waals surface area (Å²) in [6.45, 7) is 2.05. The summed E-state index contributed by atoms with van der Waals surface area (Å²) in [6, 6.07) is 6.52. The number of benzene rings is 1. The van der Waals surface area contributed by atoms with E-state index in [2.05, 4.69) is 10.00 Å². The van der Waals surface area contributed by atoms with Gasteiger partial charge in [0.1, 0.15) is 5.82 Å². The molecule has 0 saturated carbocycles. The highest BCUT2D eigenvalue weighted by atomic mass is 32.1. The zero-order valence-electron chi connectivity index (χ0n) is 13.5. The number of hydrogen-bond acceptors (Lipinski definition) is 4. The van der Waals surface area contributed by atoms with E-state index in [-0.39, 0.29) is 17.6 Å². The molecule has 0 atom stereocenters. The molecule has 128 valence electrons. The molecular weight excluding hydrogens is 329 g/mol. The van der Waals surface area contributed by atoms with Crippen LogP contribution in [0.15, 0.2) is 24.3 Å². The molecule has 0 bridgehead atoms. The third-order valence-corrected chi connectivity index (χ3v) is 4.96. The van der Waals surface area contributed by atoms with Gasteiger partial charge in [0.2, 0.25) is 5.91 Å². The largest absolute Gasteiger partial charge is 0.369 e. The molecule has 6 nitrogen and oxygen atoms in total. The van der Waals surface area contributed by atoms with Gasteiger partial charge in [-0.2, -0.15) is 5.10 Å². The van der Waals surface area contributed by atoms with Crippen molar-refractivity contribution < 1.29 is 9.18 Å². The average molecular weight is 349 g/mol. The smallest absolute Gasteiger partial charge is 0.220 e. The fourth-order valence-electron chi connectivity index (χ4n) is 3.01. The first kappa shape index (κ1) is 16.8. The first-order valence-electron chi connectivity index (χ1n) is 7.87. The molecule has 1 amide bonds. The Balaban J connectivity index is 1.79. The zero-order chi connectivity index (χ0) is 17.3. The van der Waals surface area contributed by atoms with Crippen LogP contribution in [0.2, 0.25) is 0 Å². The van der Waals surface area contributed by atoms with Crippen molar-refractivity contribution in [1.29, 1.82) is 0 Å². The van der Waals surface area contributed by atoms with E-state index in [4.69, 9.17) is 18.0 Å². The molecule has 2 aromatic rings. The fraction of sp³-hybridized carbons (Fsp3) is 0.438. The minimum Gasteiger partial charge on any atom is -0.369 e. The average Bonchev–Trinajstić information content (AvgIpc) is 2.84. The van der Waals surface area contributed by atoms with Crippen LogP contribution in [0.5, 0.6) is 0 Å². The van der Waals surface area contributed by atoms with Crippen molar-refractivity contribution in [2.45, 2.75) is 19.5 Å². The van der Waals surface area contributed by atoms with E-state index >= 15 is 0 Å². The molecule has 3 rings (SSSR count). The molecule has 1 aromatic carbocycles. The number of aromatic nitrogens is 3. The van der Waals surface area contributed by atoms with Crippen molar-refractivity contribution in [2.75, 3.05) is 13.1 Å². The van der Waals surface area contributed by atoms with Crippen LogP contribution in [0.1, 0.15) is 12.8 Å². The van der Waals surface area contributed by atoms with Gasteiger partial charge in [0.25, 0.3) is 0 Å². The SMILES string of the molecule is Cn1c(-c2ccccc2F)nn(CN2CCC(C(N)=O)CC2)c1=S. The van der Waals surface area contributed by atoms with E-state index in [1.165, 1.54) is 6.07 Å². The second-order valence-corrected chi connectivity index (χ2v) is 6.45. The maximum absolute atomic E-state index is 14.0. The highest BCUT2D eigenvalue weighted by Gasteiger charge is 2.24. The van der Waals surface area contributed by atoms with Crippen LogP contribution < -0.4 is 5.73 Å². The standard InChI is InChI=1S/C16H20FN5OS/c1-20-15(12-4-2-3-5-13(12)17)19-22(16(20)24)10-21-8-6-11(7-9-21)14(18)23/h2-5,11H,6-10H2,1H3,(H2,18,23). The fourth-order valence-corrected chi connectivity index (χ4v) is 3.19. The molecule has 24 heavy (non-hydrogen) atoms. The lowest BCUT2D eigenvalue weighted by atomic mass is 9.97. The summed E-state index contributed by atoms with van der Waals surface area (Å²) in [4.78, 5) is 13.4. The van der Waals surface area contributed by atoms with E-state index in [9.17, 15) is 9.18 Å². The normalized spacial score (nSPS) is 16.4. The van der Waals surface area contributed by atoms with E-state index in [1.807, 2.05) is 0 Å². The molecule has 0 aliphatic carbocycles. The van der Waals surface area contributed by atoms with Gasteiger partial charge >= 0.3 is 0 Å². The van der Waals surface area contributed by atoms with Crippen LogP contribution in [0.3, 0.4) is 0 Å². The van der Waals surface area contributed by atoms with Crippen LogP contribution >= 0.6 is 12.2 Å². The van der Waals surface area contributed by atoms with Gasteiger partial charge in [-0.1, -0.05) is 12.1 Å². The molecule has 2 heterocycles. The summed E-state index contributed by atoms with van der Waals surface area (Å²) >= 11 is 5.43. The van der Waals surface area contributed by atoms with Gasteiger partial charge in [0.05, 0.1) is 12.2 Å². The Morgan fingerprint density at radius 1 is 1.38 bits per heavy atom. The molecule has 0 radical (unpaired) electrons. The predicted molar refractivity (Wildman–Crippen MR) is 90.9 cm³/mol. The molecule has 1 aliphatic heterocycles. The van der Waals surface area contributed by atoms with Crippen LogP contribution in [0, 0.1) is 16.5 Å². The maximum Gasteiger partial charge on any atom is 0.220 e. The lowest BCUT2D eigenvalue weighted by molar-refractivity contribution is -0.123. The van der Waals surface area contributed by atoms with Crippen molar-refractivity contribution in [3.05, 3.63) is 34.9 Å². The summed E-state index contributed by atoms with van der Waals surface area (Å²) in [6.07, 6.45) is 1.49. The Bertz CT molecular complexity index is 807. The van der Waals surface area contributed by atoms with Gasteiger partial charge in [0.15, 0.2) is 10.6 Å². The molecule has 0 unspecified atom stereocenters. The number of carbonyl (C=O) groups excluding carboxylic acids is 1. The lowest BCUT2D eigenvalue weighted by Gasteiger charge is -2.29. The van der Waals surface area contributed by atoms with Crippen molar-refractivity contribution >= 4 is 18.1 Å². The minimum absolute atomic E-state index is 0.0491. The van der Waals surface area contributed by atoms with Gasteiger partial charge in [-0.15, -0.1) is 0 Å². The number of primary amides is 1. The summed E-state index contributed by atoms with van der Waals surface area (Å²) in [5, 5.41) is 4.49. The summed E-state index contributed by atoms with van der Waals surface area (Å²) < 4.78 is 18.0. The number of likely N-dealkylation sites (tertiary alicyclic amines) is 1. The summed E-state index contributed by atoms with van der Waals surface area (Å²) in [5.74, 6) is -0.0991. The summed E-state index contributed by atoms with van der Waals surface area (Å²) in [7, 11) is 1.78. The van der Waals surface area contributed by atoms with Crippen molar-refractivity contribution in [3.63, 3.8) is 0 Å². The Kier molecular flexibility index (Phi) is 4.77. The number of hydrogen-bond donors (Lipinski definition) is 1. The van der Waals surface area contributed by atoms with E-state index in [0.717, 1.165) is 25.9 Å². The number of amides is 1. The number of nitrogens with two attached hydrogens (primary N) is 1. The minimum atomic E-state index is -0.324. The number of rotatable bonds is 4. The number of halogens is 1. The predicted octanol–water partition coefficient (Wildman–Crippen LogP) is 1.91. The third kappa shape index (κ3) is 3.25. The number of piperidine rings is 1. The molecule has 2 N–H and O–H groups in total. The lowest BCUT2D eigenvalue weighted by Crippen LogP contribution is -2.39. The van der Waals surface area contributed by atoms with Crippen LogP contribution in [0.4, 0.5) is 4.39 Å². The molecule has 1 fully saturated rings. The quantitative estimate of drug-likeness (QED) is 0.856. The Hall–Kier alpha value is -2.06. The van der Waals surface area contributed by atoms with Gasteiger partial charge in [-0.05, 0) is 37.2 Å². The van der Waals surface area contributed by atoms with E-state index in [0.29, 0.717) is 22.8 Å². The zero-order valence-corrected chi connectivity index (χ0v) is 14.3. The topological polar surface area (TPSA) is 69.1 Å². The first-order valence-corrected chi connectivity index (χ1v) is 8.28. The highest BCUT2D eigenvalue weighted by molar-refractivity contribution is 7.71. The number of nitrogens with zero attached hydrogens (tertiary/aromatic N) is 4. The van der Waals surface area contributed by atoms with Gasteiger partial charge in [0, 0.05) is 26.1 Å². The molecule has 1 aromatic heterocycles. The van der Waals surface area contributed by atoms with E-state index < -0.39 is 0 Å². The monoisotopic (exact) mass is 349 g/mol. The van der Waals surface area contributed by atoms with Crippen LogP contribution in [0.25, 0.3) is 11.4 Å². The molecular formula is C16H20FN5OS. The Morgan fingerprint density at radius 2 is 2.04 bits per heavy atom. The number of carbonyl (C=O) groups is 1. The first-order chi connectivity index (χ1) is 11.5. The summed E-state index contributed by atoms with van der Waals surface area (Å²) in [5.41, 5.74) is 5.79. The molecule has 0 spiro atoms. The third-order valence-electron chi connectivity index (χ3n) is 4.48. The van der Waals surface area contributed by atoms with Gasteiger partial charge in [-0.25, -0.2) is 9.07 Å². The Labute approximate surface area is 144 Å².